The molecule has 0 amide bonds. The summed E-state index contributed by atoms with van der Waals surface area (Å²) in [4.78, 5) is 16.1. The summed E-state index contributed by atoms with van der Waals surface area (Å²) < 4.78 is 66.2. The fourth-order valence-electron chi connectivity index (χ4n) is 3.28. The standard InChI is InChI=1S/C22H25N3O7S3/c1-3-21-23-20(13-33-21)19(12-15-6-10-18(11-7-15)24-35(29,30)31)25-34(27,28)14-16-4-8-17(9-5-16)22(26)32-2/h4-11,13,19,24-25H,3,12,14H2,1-2H3,(H,29,30,31)/t19-/m0/s1. The van der Waals surface area contributed by atoms with E-state index >= 15 is 0 Å². The molecule has 13 heteroatoms. The predicted molar refractivity (Wildman–Crippen MR) is 133 cm³/mol. The molecule has 3 rings (SSSR count). The van der Waals surface area contributed by atoms with Crippen LogP contribution in [0.3, 0.4) is 0 Å². The number of hydrogen-bond donors (Lipinski definition) is 3. The Morgan fingerprint density at radius 2 is 1.69 bits per heavy atom. The van der Waals surface area contributed by atoms with Crippen LogP contribution in [0.25, 0.3) is 0 Å². The maximum absolute atomic E-state index is 13.0. The Morgan fingerprint density at radius 1 is 1.06 bits per heavy atom. The first-order valence-electron chi connectivity index (χ1n) is 10.4. The number of nitrogens with zero attached hydrogens (tertiary/aromatic N) is 1. The van der Waals surface area contributed by atoms with Gasteiger partial charge in [0.25, 0.3) is 0 Å². The molecule has 0 spiro atoms. The molecule has 0 fully saturated rings. The van der Waals surface area contributed by atoms with Gasteiger partial charge >= 0.3 is 16.3 Å². The average Bonchev–Trinajstić information content (AvgIpc) is 3.28. The number of esters is 1. The Labute approximate surface area is 208 Å². The molecule has 1 atom stereocenters. The zero-order valence-electron chi connectivity index (χ0n) is 19.0. The number of sulfonamides is 1. The summed E-state index contributed by atoms with van der Waals surface area (Å²) in [6.07, 6.45) is 0.978. The number of carbonyl (C=O) groups is 1. The fourth-order valence-corrected chi connectivity index (χ4v) is 5.87. The maximum atomic E-state index is 13.0. The van der Waals surface area contributed by atoms with E-state index in [1.165, 1.54) is 42.7 Å². The summed E-state index contributed by atoms with van der Waals surface area (Å²) in [6.45, 7) is 1.96. The van der Waals surface area contributed by atoms with Crippen LogP contribution >= 0.6 is 11.3 Å². The van der Waals surface area contributed by atoms with E-state index in [9.17, 15) is 21.6 Å². The number of anilines is 1. The molecule has 0 aliphatic carbocycles. The molecule has 1 heterocycles. The van der Waals surface area contributed by atoms with Gasteiger partial charge in [0.2, 0.25) is 10.0 Å². The first kappa shape index (κ1) is 26.8. The van der Waals surface area contributed by atoms with Crippen LogP contribution in [-0.4, -0.2) is 39.5 Å². The largest absolute Gasteiger partial charge is 0.465 e. The highest BCUT2D eigenvalue weighted by molar-refractivity contribution is 7.88. The highest BCUT2D eigenvalue weighted by atomic mass is 32.2. The fraction of sp³-hybridized carbons (Fsp3) is 0.273. The van der Waals surface area contributed by atoms with Gasteiger partial charge in [-0.05, 0) is 48.2 Å². The van der Waals surface area contributed by atoms with Crippen LogP contribution < -0.4 is 9.44 Å². The molecule has 3 aromatic rings. The van der Waals surface area contributed by atoms with Gasteiger partial charge in [-0.1, -0.05) is 31.2 Å². The van der Waals surface area contributed by atoms with Crippen molar-refractivity contribution in [3.05, 3.63) is 81.3 Å². The number of aromatic nitrogens is 1. The lowest BCUT2D eigenvalue weighted by molar-refractivity contribution is 0.0600. The van der Waals surface area contributed by atoms with Crippen LogP contribution in [0.2, 0.25) is 0 Å². The van der Waals surface area contributed by atoms with Crippen molar-refractivity contribution in [1.29, 1.82) is 0 Å². The second kappa shape index (κ2) is 11.3. The normalized spacial score (nSPS) is 12.8. The SMILES string of the molecule is CCc1nc([C@H](Cc2ccc(NS(=O)(=O)O)cc2)NS(=O)(=O)Cc2ccc(C(=O)OC)cc2)cs1. The monoisotopic (exact) mass is 539 g/mol. The molecule has 2 aromatic carbocycles. The van der Waals surface area contributed by atoms with Crippen molar-refractivity contribution in [1.82, 2.24) is 9.71 Å². The van der Waals surface area contributed by atoms with E-state index in [-0.39, 0.29) is 17.9 Å². The van der Waals surface area contributed by atoms with Crippen LogP contribution in [0.4, 0.5) is 5.69 Å². The number of hydrogen-bond acceptors (Lipinski definition) is 8. The Morgan fingerprint density at radius 3 is 2.23 bits per heavy atom. The topological polar surface area (TPSA) is 152 Å². The lowest BCUT2D eigenvalue weighted by Gasteiger charge is -2.18. The molecule has 0 unspecified atom stereocenters. The van der Waals surface area contributed by atoms with Gasteiger partial charge < -0.3 is 4.74 Å². The zero-order valence-corrected chi connectivity index (χ0v) is 21.4. The molecule has 0 aliphatic heterocycles. The van der Waals surface area contributed by atoms with Crippen LogP contribution in [0.15, 0.2) is 53.9 Å². The Hall–Kier alpha value is -2.84. The van der Waals surface area contributed by atoms with Crippen molar-refractivity contribution in [2.45, 2.75) is 31.6 Å². The molecule has 0 bridgehead atoms. The van der Waals surface area contributed by atoms with E-state index in [2.05, 4.69) is 14.4 Å². The third kappa shape index (κ3) is 8.11. The minimum Gasteiger partial charge on any atom is -0.465 e. The second-order valence-corrected chi connectivity index (χ2v) is 11.5. The molecule has 1 aromatic heterocycles. The summed E-state index contributed by atoms with van der Waals surface area (Å²) in [5.74, 6) is -0.807. The van der Waals surface area contributed by atoms with E-state index in [0.29, 0.717) is 23.2 Å². The number of thiazole rings is 1. The zero-order chi connectivity index (χ0) is 25.6. The lowest BCUT2D eigenvalue weighted by atomic mass is 10.0. The summed E-state index contributed by atoms with van der Waals surface area (Å²) >= 11 is 1.44. The lowest BCUT2D eigenvalue weighted by Crippen LogP contribution is -2.31. The maximum Gasteiger partial charge on any atom is 0.357 e. The number of benzene rings is 2. The van der Waals surface area contributed by atoms with Gasteiger partial charge in [-0.2, -0.15) is 8.42 Å². The van der Waals surface area contributed by atoms with Gasteiger partial charge in [-0.15, -0.1) is 11.3 Å². The number of methoxy groups -OCH3 is 1. The number of aryl methyl sites for hydroxylation is 1. The van der Waals surface area contributed by atoms with Crippen molar-refractivity contribution in [3.8, 4) is 0 Å². The van der Waals surface area contributed by atoms with Crippen LogP contribution in [0, 0.1) is 0 Å². The van der Waals surface area contributed by atoms with Gasteiger partial charge in [0.05, 0.1) is 40.9 Å². The Bertz CT molecular complexity index is 1370. The van der Waals surface area contributed by atoms with E-state index in [1.807, 2.05) is 17.0 Å². The number of ether oxygens (including phenoxy) is 1. The molecule has 0 saturated carbocycles. The summed E-state index contributed by atoms with van der Waals surface area (Å²) in [5.41, 5.74) is 2.30. The van der Waals surface area contributed by atoms with Gasteiger partial charge in [0.15, 0.2) is 0 Å². The highest BCUT2D eigenvalue weighted by Gasteiger charge is 2.23. The molecule has 3 N–H and O–H groups in total. The number of rotatable bonds is 11. The smallest absolute Gasteiger partial charge is 0.357 e. The van der Waals surface area contributed by atoms with Gasteiger partial charge in [0.1, 0.15) is 0 Å². The van der Waals surface area contributed by atoms with E-state index < -0.39 is 32.3 Å². The van der Waals surface area contributed by atoms with Gasteiger partial charge in [0, 0.05) is 5.38 Å². The molecular weight excluding hydrogens is 514 g/mol. The summed E-state index contributed by atoms with van der Waals surface area (Å²) in [6, 6.07) is 11.7. The third-order valence-corrected chi connectivity index (χ3v) is 7.79. The first-order valence-corrected chi connectivity index (χ1v) is 14.4. The molecule has 10 nitrogen and oxygen atoms in total. The molecule has 0 radical (unpaired) electrons. The molecule has 0 aliphatic rings. The molecular formula is C22H25N3O7S3. The average molecular weight is 540 g/mol. The molecule has 35 heavy (non-hydrogen) atoms. The first-order chi connectivity index (χ1) is 16.5. The van der Waals surface area contributed by atoms with Crippen LogP contribution in [0.1, 0.15) is 45.2 Å². The molecule has 188 valence electrons. The van der Waals surface area contributed by atoms with E-state index in [1.54, 1.807) is 24.3 Å². The van der Waals surface area contributed by atoms with Gasteiger partial charge in [-0.25, -0.2) is 22.9 Å². The van der Waals surface area contributed by atoms with E-state index in [4.69, 9.17) is 4.55 Å². The molecule has 0 saturated heterocycles. The van der Waals surface area contributed by atoms with Crippen molar-refractivity contribution in [3.63, 3.8) is 0 Å². The quantitative estimate of drug-likeness (QED) is 0.248. The van der Waals surface area contributed by atoms with Crippen molar-refractivity contribution in [2.24, 2.45) is 0 Å². The Kier molecular flexibility index (Phi) is 8.61. The number of nitrogens with one attached hydrogen (secondary N) is 2. The van der Waals surface area contributed by atoms with Gasteiger partial charge in [-0.3, -0.25) is 9.27 Å². The summed E-state index contributed by atoms with van der Waals surface area (Å²) in [5, 5.41) is 2.68. The minimum absolute atomic E-state index is 0.172. The highest BCUT2D eigenvalue weighted by Crippen LogP contribution is 2.24. The minimum atomic E-state index is -4.40. The second-order valence-electron chi connectivity index (χ2n) is 7.62. The number of carbonyl (C=O) groups excluding carboxylic acids is 1. The summed E-state index contributed by atoms with van der Waals surface area (Å²) in [7, 11) is -6.92. The Balaban J connectivity index is 1.79. The third-order valence-electron chi connectivity index (χ3n) is 4.92. The van der Waals surface area contributed by atoms with Crippen molar-refractivity contribution in [2.75, 3.05) is 11.8 Å². The van der Waals surface area contributed by atoms with E-state index in [0.717, 1.165) is 10.6 Å². The van der Waals surface area contributed by atoms with Crippen molar-refractivity contribution >= 4 is 43.3 Å². The predicted octanol–water partition coefficient (Wildman–Crippen LogP) is 3.11. The van der Waals surface area contributed by atoms with Crippen LogP contribution in [0.5, 0.6) is 0 Å². The van der Waals surface area contributed by atoms with Crippen molar-refractivity contribution < 1.29 is 30.9 Å². The van der Waals surface area contributed by atoms with Crippen LogP contribution in [-0.2, 0) is 43.7 Å².